The van der Waals surface area contributed by atoms with Crippen LogP contribution in [0.2, 0.25) is 0 Å². The van der Waals surface area contributed by atoms with Crippen LogP contribution in [0.15, 0.2) is 24.4 Å². The minimum atomic E-state index is -0.646. The molecule has 2 saturated heterocycles. The molecular formula is C20H27N3O3. The average molecular weight is 357 g/mol. The molecule has 0 saturated carbocycles. The van der Waals surface area contributed by atoms with E-state index in [4.69, 9.17) is 9.84 Å². The number of carbonyl (C=O) groups is 1. The first-order valence-corrected chi connectivity index (χ1v) is 9.60. The predicted octanol–water partition coefficient (Wildman–Crippen LogP) is 2.46. The highest BCUT2D eigenvalue weighted by Gasteiger charge is 2.30. The van der Waals surface area contributed by atoms with Crippen LogP contribution in [-0.2, 0) is 23.0 Å². The summed E-state index contributed by atoms with van der Waals surface area (Å²) in [5.74, 6) is -0.807. The molecule has 2 aliphatic heterocycles. The Hall–Kier alpha value is -1.92. The van der Waals surface area contributed by atoms with E-state index in [9.17, 15) is 4.79 Å². The van der Waals surface area contributed by atoms with E-state index in [2.05, 4.69) is 28.2 Å². The molecule has 0 bridgehead atoms. The second kappa shape index (κ2) is 7.37. The number of aromatic nitrogens is 2. The molecule has 6 nitrogen and oxygen atoms in total. The Morgan fingerprint density at radius 3 is 2.77 bits per heavy atom. The maximum Gasteiger partial charge on any atom is 0.306 e. The number of aryl methyl sites for hydroxylation is 1. The number of nitrogens with zero attached hydrogens (tertiary/aromatic N) is 3. The molecular weight excluding hydrogens is 330 g/mol. The average Bonchev–Trinajstić information content (AvgIpc) is 3.22. The van der Waals surface area contributed by atoms with Gasteiger partial charge in [-0.2, -0.15) is 5.10 Å². The van der Waals surface area contributed by atoms with Crippen molar-refractivity contribution >= 4 is 16.9 Å². The lowest BCUT2D eigenvalue weighted by molar-refractivity contribution is -0.143. The smallest absolute Gasteiger partial charge is 0.306 e. The second-order valence-electron chi connectivity index (χ2n) is 7.74. The minimum Gasteiger partial charge on any atom is -0.481 e. The highest BCUT2D eigenvalue weighted by atomic mass is 16.5. The zero-order chi connectivity index (χ0) is 18.1. The molecule has 0 spiro atoms. The Bertz CT molecular complexity index is 780. The van der Waals surface area contributed by atoms with Crippen molar-refractivity contribution in [3.8, 4) is 0 Å². The number of piperidine rings is 1. The molecule has 2 aliphatic rings. The van der Waals surface area contributed by atoms with E-state index in [1.54, 1.807) is 0 Å². The third-order valence-electron chi connectivity index (χ3n) is 5.87. The number of ether oxygens (including phenoxy) is 1. The first-order chi connectivity index (χ1) is 12.6. The topological polar surface area (TPSA) is 67.6 Å². The lowest BCUT2D eigenvalue weighted by Gasteiger charge is -2.31. The normalized spacial score (nSPS) is 25.1. The molecule has 6 heteroatoms. The van der Waals surface area contributed by atoms with Crippen molar-refractivity contribution in [3.05, 3.63) is 30.0 Å². The first-order valence-electron chi connectivity index (χ1n) is 9.60. The van der Waals surface area contributed by atoms with Crippen molar-refractivity contribution in [2.45, 2.75) is 44.3 Å². The van der Waals surface area contributed by atoms with Crippen LogP contribution in [0.4, 0.5) is 0 Å². The van der Waals surface area contributed by atoms with Crippen molar-refractivity contribution in [2.24, 2.45) is 13.0 Å². The molecule has 1 N–H and O–H groups in total. The van der Waals surface area contributed by atoms with Crippen molar-refractivity contribution < 1.29 is 14.6 Å². The van der Waals surface area contributed by atoms with Crippen LogP contribution in [0.1, 0.15) is 31.2 Å². The monoisotopic (exact) mass is 357 g/mol. The van der Waals surface area contributed by atoms with Gasteiger partial charge in [-0.15, -0.1) is 0 Å². The lowest BCUT2D eigenvalue weighted by Crippen LogP contribution is -2.40. The molecule has 2 fully saturated rings. The van der Waals surface area contributed by atoms with E-state index in [-0.39, 0.29) is 18.1 Å². The van der Waals surface area contributed by atoms with E-state index in [1.165, 1.54) is 10.9 Å². The van der Waals surface area contributed by atoms with Gasteiger partial charge in [0, 0.05) is 19.0 Å². The number of aliphatic carboxylic acids is 1. The van der Waals surface area contributed by atoms with Gasteiger partial charge in [-0.3, -0.25) is 9.48 Å². The van der Waals surface area contributed by atoms with Crippen LogP contribution in [0.25, 0.3) is 10.9 Å². The number of benzene rings is 1. The number of carboxylic acids is 1. The predicted molar refractivity (Wildman–Crippen MR) is 99.1 cm³/mol. The summed E-state index contributed by atoms with van der Waals surface area (Å²) in [7, 11) is 1.96. The molecule has 2 atom stereocenters. The van der Waals surface area contributed by atoms with E-state index in [0.717, 1.165) is 57.3 Å². The third-order valence-corrected chi connectivity index (χ3v) is 5.87. The maximum absolute atomic E-state index is 11.1. The number of hydrogen-bond acceptors (Lipinski definition) is 4. The van der Waals surface area contributed by atoms with Gasteiger partial charge in [0.05, 0.1) is 29.8 Å². The molecule has 3 heterocycles. The van der Waals surface area contributed by atoms with Crippen molar-refractivity contribution in [2.75, 3.05) is 19.6 Å². The summed E-state index contributed by atoms with van der Waals surface area (Å²) in [4.78, 5) is 13.4. The number of likely N-dealkylation sites (tertiary alicyclic amines) is 1. The molecule has 0 amide bonds. The van der Waals surface area contributed by atoms with E-state index in [0.29, 0.717) is 0 Å². The molecule has 140 valence electrons. The first kappa shape index (κ1) is 17.5. The highest BCUT2D eigenvalue weighted by molar-refractivity contribution is 5.79. The Kier molecular flexibility index (Phi) is 4.96. The maximum atomic E-state index is 11.1. The van der Waals surface area contributed by atoms with Crippen LogP contribution in [0.3, 0.4) is 0 Å². The summed E-state index contributed by atoms with van der Waals surface area (Å²) < 4.78 is 8.18. The van der Waals surface area contributed by atoms with E-state index in [1.807, 2.05) is 17.9 Å². The zero-order valence-corrected chi connectivity index (χ0v) is 15.3. The van der Waals surface area contributed by atoms with Gasteiger partial charge in [0.25, 0.3) is 0 Å². The number of carboxylic acid groups (broad SMARTS) is 1. The second-order valence-corrected chi connectivity index (χ2v) is 7.74. The molecule has 1 aromatic carbocycles. The SMILES string of the molecule is Cn1ncc2cc(C[C@@H]3CC[C@H](CN4CCC(C(=O)O)CC4)O3)ccc21. The molecule has 0 aliphatic carbocycles. The molecule has 2 aromatic rings. The van der Waals surface area contributed by atoms with Crippen molar-refractivity contribution in [3.63, 3.8) is 0 Å². The fourth-order valence-corrected chi connectivity index (χ4v) is 4.32. The fraction of sp³-hybridized carbons (Fsp3) is 0.600. The van der Waals surface area contributed by atoms with Gasteiger partial charge in [-0.05, 0) is 62.9 Å². The molecule has 0 radical (unpaired) electrons. The van der Waals surface area contributed by atoms with E-state index < -0.39 is 5.97 Å². The van der Waals surface area contributed by atoms with Crippen molar-refractivity contribution in [1.82, 2.24) is 14.7 Å². The number of rotatable bonds is 5. The summed E-state index contributed by atoms with van der Waals surface area (Å²) in [6.07, 6.45) is 7.14. The van der Waals surface area contributed by atoms with Gasteiger partial charge in [0.1, 0.15) is 0 Å². The van der Waals surface area contributed by atoms with Gasteiger partial charge in [0.15, 0.2) is 0 Å². The Morgan fingerprint density at radius 2 is 2.00 bits per heavy atom. The van der Waals surface area contributed by atoms with Gasteiger partial charge in [0.2, 0.25) is 0 Å². The molecule has 26 heavy (non-hydrogen) atoms. The van der Waals surface area contributed by atoms with Crippen LogP contribution < -0.4 is 0 Å². The summed E-state index contributed by atoms with van der Waals surface area (Å²) in [6, 6.07) is 6.53. The number of fused-ring (bicyclic) bond motifs is 1. The number of hydrogen-bond donors (Lipinski definition) is 1. The summed E-state index contributed by atoms with van der Waals surface area (Å²) in [6.45, 7) is 2.68. The Labute approximate surface area is 153 Å². The Morgan fingerprint density at radius 1 is 1.23 bits per heavy atom. The Balaban J connectivity index is 1.27. The van der Waals surface area contributed by atoms with Crippen molar-refractivity contribution in [1.29, 1.82) is 0 Å². The minimum absolute atomic E-state index is 0.161. The third kappa shape index (κ3) is 3.76. The van der Waals surface area contributed by atoms with Gasteiger partial charge >= 0.3 is 5.97 Å². The largest absolute Gasteiger partial charge is 0.481 e. The zero-order valence-electron chi connectivity index (χ0n) is 15.3. The van der Waals surface area contributed by atoms with Crippen LogP contribution in [0, 0.1) is 5.92 Å². The van der Waals surface area contributed by atoms with E-state index >= 15 is 0 Å². The fourth-order valence-electron chi connectivity index (χ4n) is 4.32. The molecule has 1 aromatic heterocycles. The lowest BCUT2D eigenvalue weighted by atomic mass is 9.97. The quantitative estimate of drug-likeness (QED) is 0.890. The van der Waals surface area contributed by atoms with Crippen LogP contribution in [0.5, 0.6) is 0 Å². The summed E-state index contributed by atoms with van der Waals surface area (Å²) in [5.41, 5.74) is 2.46. The summed E-state index contributed by atoms with van der Waals surface area (Å²) in [5, 5.41) is 14.6. The van der Waals surface area contributed by atoms with Gasteiger partial charge in [-0.25, -0.2) is 0 Å². The van der Waals surface area contributed by atoms with Gasteiger partial charge < -0.3 is 14.7 Å². The summed E-state index contributed by atoms with van der Waals surface area (Å²) >= 11 is 0. The molecule has 0 unspecified atom stereocenters. The standard InChI is InChI=1S/C20H27N3O3/c1-22-19-5-2-14(10-16(19)12-21-22)11-17-3-4-18(26-17)13-23-8-6-15(7-9-23)20(24)25/h2,5,10,12,15,17-18H,3-4,6-9,11,13H2,1H3,(H,24,25)/t17-,18+/m0/s1. The van der Waals surface area contributed by atoms with Crippen LogP contribution in [-0.4, -0.2) is 57.6 Å². The highest BCUT2D eigenvalue weighted by Crippen LogP contribution is 2.26. The van der Waals surface area contributed by atoms with Gasteiger partial charge in [-0.1, -0.05) is 6.07 Å². The van der Waals surface area contributed by atoms with Crippen LogP contribution >= 0.6 is 0 Å². The molecule has 4 rings (SSSR count).